The van der Waals surface area contributed by atoms with Gasteiger partial charge in [0.1, 0.15) is 5.15 Å². The Morgan fingerprint density at radius 3 is 2.71 bits per heavy atom. The number of hydrogen-bond donors (Lipinski definition) is 2. The number of carbonyl (C=O) groups is 2. The molecule has 1 amide bonds. The summed E-state index contributed by atoms with van der Waals surface area (Å²) >= 11 is 7.13. The third-order valence-electron chi connectivity index (χ3n) is 3.66. The second-order valence-electron chi connectivity index (χ2n) is 5.55. The van der Waals surface area contributed by atoms with Crippen molar-refractivity contribution >= 4 is 41.0 Å². The number of nitrogens with zero attached hydrogens (tertiary/aromatic N) is 3. The number of rotatable bonds is 6. The molecular weight excluding hydrogens is 404 g/mol. The van der Waals surface area contributed by atoms with Crippen molar-refractivity contribution in [1.29, 1.82) is 0 Å². The predicted octanol–water partition coefficient (Wildman–Crippen LogP) is 2.47. The van der Waals surface area contributed by atoms with Gasteiger partial charge in [-0.3, -0.25) is 19.1 Å². The van der Waals surface area contributed by atoms with Crippen molar-refractivity contribution < 1.29 is 14.7 Å². The summed E-state index contributed by atoms with van der Waals surface area (Å²) in [6.07, 6.45) is 4.26. The third-order valence-corrected chi connectivity index (χ3v) is 5.10. The molecule has 0 radical (unpaired) electrons. The third kappa shape index (κ3) is 4.51. The summed E-state index contributed by atoms with van der Waals surface area (Å²) < 4.78 is 1.30. The molecule has 2 N–H and O–H groups in total. The number of carboxylic acid groups (broad SMARTS) is 1. The number of hydrogen-bond acceptors (Lipinski definition) is 6. The van der Waals surface area contributed by atoms with Crippen LogP contribution in [0.4, 0.5) is 0 Å². The average molecular weight is 417 g/mol. The van der Waals surface area contributed by atoms with Crippen LogP contribution in [0.5, 0.6) is 0 Å². The number of carboxylic acids is 1. The number of thiazole rings is 1. The highest BCUT2D eigenvalue weighted by Gasteiger charge is 2.13. The van der Waals surface area contributed by atoms with Crippen LogP contribution in [0.25, 0.3) is 0 Å². The fourth-order valence-corrected chi connectivity index (χ4v) is 3.43. The Kier molecular flexibility index (Phi) is 5.97. The maximum Gasteiger partial charge on any atom is 0.335 e. The van der Waals surface area contributed by atoms with Crippen molar-refractivity contribution in [1.82, 2.24) is 15.0 Å². The lowest BCUT2D eigenvalue weighted by Crippen LogP contribution is -2.17. The number of aromatic carboxylic acids is 1. The van der Waals surface area contributed by atoms with Crippen molar-refractivity contribution in [3.63, 3.8) is 0 Å². The fourth-order valence-electron chi connectivity index (χ4n) is 2.32. The summed E-state index contributed by atoms with van der Waals surface area (Å²) in [5.74, 6) is -1.48. The van der Waals surface area contributed by atoms with Gasteiger partial charge in [-0.1, -0.05) is 35.1 Å². The number of hydrazone groups is 1. The summed E-state index contributed by atoms with van der Waals surface area (Å²) in [7, 11) is 0. The summed E-state index contributed by atoms with van der Waals surface area (Å²) in [6, 6.07) is 9.32. The molecule has 142 valence electrons. The number of benzene rings is 1. The Bertz CT molecular complexity index is 1110. The number of halogens is 1. The number of amides is 1. The molecule has 28 heavy (non-hydrogen) atoms. The van der Waals surface area contributed by atoms with E-state index in [4.69, 9.17) is 16.7 Å². The molecule has 0 aliphatic rings. The van der Waals surface area contributed by atoms with Crippen molar-refractivity contribution in [2.75, 3.05) is 0 Å². The Morgan fingerprint density at radius 2 is 2.00 bits per heavy atom. The van der Waals surface area contributed by atoms with Gasteiger partial charge in [0.25, 0.3) is 5.91 Å². The minimum absolute atomic E-state index is 0.118. The van der Waals surface area contributed by atoms with E-state index in [-0.39, 0.29) is 22.1 Å². The quantitative estimate of drug-likeness (QED) is 0.473. The normalized spacial score (nSPS) is 10.9. The standard InChI is InChI=1S/C18H13ClN4O4S/c19-15-14(9-21-22-16(24)12-4-6-20-7-5-12)28-18(27)23(15)10-11-2-1-3-13(8-11)17(25)26/h1-9H,10H2,(H,22,24)(H,25,26)/b21-9+. The zero-order valence-corrected chi connectivity index (χ0v) is 15.8. The molecule has 3 aromatic rings. The van der Waals surface area contributed by atoms with Crippen LogP contribution in [-0.2, 0) is 6.54 Å². The van der Waals surface area contributed by atoms with Crippen molar-refractivity contribution in [2.45, 2.75) is 6.54 Å². The topological polar surface area (TPSA) is 114 Å². The van der Waals surface area contributed by atoms with Gasteiger partial charge in [-0.2, -0.15) is 5.10 Å². The van der Waals surface area contributed by atoms with E-state index in [1.54, 1.807) is 12.1 Å². The molecule has 0 fully saturated rings. The monoisotopic (exact) mass is 416 g/mol. The zero-order chi connectivity index (χ0) is 20.1. The van der Waals surface area contributed by atoms with Crippen LogP contribution in [0.15, 0.2) is 58.7 Å². The van der Waals surface area contributed by atoms with E-state index in [0.29, 0.717) is 16.0 Å². The highest BCUT2D eigenvalue weighted by atomic mass is 35.5. The number of pyridine rings is 1. The Balaban J connectivity index is 1.75. The van der Waals surface area contributed by atoms with E-state index in [2.05, 4.69) is 15.5 Å². The molecule has 0 saturated carbocycles. The molecule has 0 unspecified atom stereocenters. The molecule has 0 bridgehead atoms. The van der Waals surface area contributed by atoms with E-state index in [1.807, 2.05) is 0 Å². The molecule has 3 rings (SSSR count). The molecule has 0 aliphatic heterocycles. The molecule has 0 saturated heterocycles. The van der Waals surface area contributed by atoms with Gasteiger partial charge in [-0.25, -0.2) is 10.2 Å². The Morgan fingerprint density at radius 1 is 1.25 bits per heavy atom. The minimum atomic E-state index is -1.05. The SMILES string of the molecule is O=C(O)c1cccc(Cn2c(Cl)c(/C=N/NC(=O)c3ccncc3)sc2=O)c1. The van der Waals surface area contributed by atoms with Crippen LogP contribution in [0.1, 0.15) is 31.2 Å². The van der Waals surface area contributed by atoms with Crippen LogP contribution in [0.2, 0.25) is 5.15 Å². The molecule has 0 aliphatic carbocycles. The first-order valence-electron chi connectivity index (χ1n) is 7.90. The van der Waals surface area contributed by atoms with Gasteiger partial charge in [0.2, 0.25) is 0 Å². The first kappa shape index (κ1) is 19.5. The molecule has 0 spiro atoms. The molecule has 0 atom stereocenters. The van der Waals surface area contributed by atoms with Gasteiger partial charge in [0, 0.05) is 18.0 Å². The van der Waals surface area contributed by atoms with E-state index in [0.717, 1.165) is 11.3 Å². The lowest BCUT2D eigenvalue weighted by molar-refractivity contribution is 0.0696. The largest absolute Gasteiger partial charge is 0.478 e. The van der Waals surface area contributed by atoms with Gasteiger partial charge < -0.3 is 5.11 Å². The average Bonchev–Trinajstić information content (AvgIpc) is 2.96. The van der Waals surface area contributed by atoms with Gasteiger partial charge in [0.15, 0.2) is 0 Å². The van der Waals surface area contributed by atoms with Gasteiger partial charge in [-0.15, -0.1) is 0 Å². The molecular formula is C18H13ClN4O4S. The van der Waals surface area contributed by atoms with Crippen LogP contribution in [-0.4, -0.2) is 32.7 Å². The minimum Gasteiger partial charge on any atom is -0.478 e. The maximum absolute atomic E-state index is 12.2. The lowest BCUT2D eigenvalue weighted by Gasteiger charge is -2.05. The summed E-state index contributed by atoms with van der Waals surface area (Å²) in [6.45, 7) is 0.118. The predicted molar refractivity (Wildman–Crippen MR) is 105 cm³/mol. The van der Waals surface area contributed by atoms with Gasteiger partial charge in [-0.05, 0) is 29.8 Å². The smallest absolute Gasteiger partial charge is 0.335 e. The van der Waals surface area contributed by atoms with Gasteiger partial charge in [0.05, 0.1) is 23.2 Å². The van der Waals surface area contributed by atoms with Crippen LogP contribution in [0.3, 0.4) is 0 Å². The van der Waals surface area contributed by atoms with Crippen molar-refractivity contribution in [2.24, 2.45) is 5.10 Å². The first-order valence-corrected chi connectivity index (χ1v) is 9.10. The van der Waals surface area contributed by atoms with Crippen molar-refractivity contribution in [3.8, 4) is 0 Å². The van der Waals surface area contributed by atoms with Gasteiger partial charge >= 0.3 is 10.8 Å². The molecule has 10 heteroatoms. The summed E-state index contributed by atoms with van der Waals surface area (Å²) in [4.78, 5) is 39.1. The van der Waals surface area contributed by atoms with E-state index >= 15 is 0 Å². The Labute approximate surface area is 167 Å². The first-order chi connectivity index (χ1) is 13.5. The number of carbonyl (C=O) groups excluding carboxylic acids is 1. The second-order valence-corrected chi connectivity index (χ2v) is 6.90. The molecule has 2 heterocycles. The molecule has 2 aromatic heterocycles. The maximum atomic E-state index is 12.2. The second kappa shape index (κ2) is 8.59. The summed E-state index contributed by atoms with van der Waals surface area (Å²) in [5, 5.41) is 13.0. The summed E-state index contributed by atoms with van der Waals surface area (Å²) in [5.41, 5.74) is 3.48. The van der Waals surface area contributed by atoms with Crippen LogP contribution < -0.4 is 10.3 Å². The van der Waals surface area contributed by atoms with E-state index in [1.165, 1.54) is 47.4 Å². The fraction of sp³-hybridized carbons (Fsp3) is 0.0556. The van der Waals surface area contributed by atoms with E-state index < -0.39 is 11.9 Å². The zero-order valence-electron chi connectivity index (χ0n) is 14.2. The number of aromatic nitrogens is 2. The van der Waals surface area contributed by atoms with E-state index in [9.17, 15) is 14.4 Å². The van der Waals surface area contributed by atoms with Crippen LogP contribution in [0, 0.1) is 0 Å². The number of nitrogens with one attached hydrogen (secondary N) is 1. The van der Waals surface area contributed by atoms with Crippen LogP contribution >= 0.6 is 22.9 Å². The highest BCUT2D eigenvalue weighted by Crippen LogP contribution is 2.18. The highest BCUT2D eigenvalue weighted by molar-refractivity contribution is 7.11. The lowest BCUT2D eigenvalue weighted by atomic mass is 10.1. The molecule has 1 aromatic carbocycles. The molecule has 8 nitrogen and oxygen atoms in total. The van der Waals surface area contributed by atoms with Crippen molar-refractivity contribution in [3.05, 3.63) is 85.2 Å². The Hall–Kier alpha value is -3.30.